The fraction of sp³-hybridized carbons (Fsp3) is 0.909. The minimum atomic E-state index is -0.276. The van der Waals surface area contributed by atoms with E-state index in [1.807, 2.05) is 0 Å². The van der Waals surface area contributed by atoms with Gasteiger partial charge in [-0.15, -0.1) is 12.4 Å². The normalized spacial score (nSPS) is 32.7. The summed E-state index contributed by atoms with van der Waals surface area (Å²) in [6.45, 7) is 4.33. The highest BCUT2D eigenvalue weighted by Gasteiger charge is 2.38. The van der Waals surface area contributed by atoms with E-state index < -0.39 is 0 Å². The molecule has 2 rings (SSSR count). The van der Waals surface area contributed by atoms with Crippen LogP contribution >= 0.6 is 12.4 Å². The van der Waals surface area contributed by atoms with Crippen LogP contribution in [0.15, 0.2) is 0 Å². The molecule has 1 saturated carbocycles. The molecule has 0 spiro atoms. The largest absolute Gasteiger partial charge is 0.366 e. The van der Waals surface area contributed by atoms with Gasteiger partial charge in [0.1, 0.15) is 6.10 Å². The molecule has 1 amide bonds. The summed E-state index contributed by atoms with van der Waals surface area (Å²) >= 11 is 0. The van der Waals surface area contributed by atoms with Crippen LogP contribution in [0.1, 0.15) is 26.2 Å². The molecule has 16 heavy (non-hydrogen) atoms. The molecule has 0 bridgehead atoms. The zero-order valence-corrected chi connectivity index (χ0v) is 10.5. The molecule has 3 atom stereocenters. The maximum absolute atomic E-state index is 11.7. The highest BCUT2D eigenvalue weighted by molar-refractivity contribution is 5.85. The third-order valence-electron chi connectivity index (χ3n) is 3.13. The first-order valence-corrected chi connectivity index (χ1v) is 5.94. The Kier molecular flexibility index (Phi) is 5.52. The Bertz CT molecular complexity index is 232. The summed E-state index contributed by atoms with van der Waals surface area (Å²) in [7, 11) is 0. The number of halogens is 1. The molecule has 1 heterocycles. The number of rotatable bonds is 4. The van der Waals surface area contributed by atoms with E-state index in [0.717, 1.165) is 18.9 Å². The molecule has 1 aliphatic heterocycles. The van der Waals surface area contributed by atoms with Crippen molar-refractivity contribution in [1.29, 1.82) is 0 Å². The quantitative estimate of drug-likeness (QED) is 0.770. The van der Waals surface area contributed by atoms with Crippen LogP contribution in [-0.4, -0.2) is 37.7 Å². The van der Waals surface area contributed by atoms with E-state index in [9.17, 15) is 4.79 Å². The van der Waals surface area contributed by atoms with Crippen molar-refractivity contribution in [2.75, 3.05) is 19.7 Å². The summed E-state index contributed by atoms with van der Waals surface area (Å²) in [4.78, 5) is 11.7. The van der Waals surface area contributed by atoms with Crippen molar-refractivity contribution >= 4 is 18.3 Å². The van der Waals surface area contributed by atoms with E-state index >= 15 is 0 Å². The molecule has 1 aliphatic carbocycles. The monoisotopic (exact) mass is 248 g/mol. The van der Waals surface area contributed by atoms with Gasteiger partial charge in [0.25, 0.3) is 5.91 Å². The van der Waals surface area contributed by atoms with Crippen molar-refractivity contribution < 1.29 is 9.53 Å². The standard InChI is InChI=1S/C11H20N2O2.ClH/c1-2-3-8-6-9(8)13-11(14)10-7-12-4-5-15-10;/h8-10,12H,2-7H2,1H3,(H,13,14);1H/t8?,9?,10-;/m0./s1. The van der Waals surface area contributed by atoms with E-state index in [1.165, 1.54) is 12.8 Å². The average Bonchev–Trinajstić information content (AvgIpc) is 2.98. The Morgan fingerprint density at radius 1 is 1.56 bits per heavy atom. The third-order valence-corrected chi connectivity index (χ3v) is 3.13. The van der Waals surface area contributed by atoms with Crippen molar-refractivity contribution in [3.8, 4) is 0 Å². The van der Waals surface area contributed by atoms with Crippen LogP contribution in [0.3, 0.4) is 0 Å². The van der Waals surface area contributed by atoms with Crippen LogP contribution in [0, 0.1) is 5.92 Å². The minimum absolute atomic E-state index is 0. The molecule has 2 N–H and O–H groups in total. The fourth-order valence-electron chi connectivity index (χ4n) is 2.12. The lowest BCUT2D eigenvalue weighted by Crippen LogP contribution is -2.48. The van der Waals surface area contributed by atoms with Crippen LogP contribution in [0.25, 0.3) is 0 Å². The molecule has 0 aromatic carbocycles. The van der Waals surface area contributed by atoms with Crippen molar-refractivity contribution in [3.63, 3.8) is 0 Å². The molecule has 2 fully saturated rings. The number of morpholine rings is 1. The second kappa shape index (κ2) is 6.42. The third kappa shape index (κ3) is 3.61. The number of ether oxygens (including phenoxy) is 1. The molecule has 1 saturated heterocycles. The molecule has 0 aromatic rings. The fourth-order valence-corrected chi connectivity index (χ4v) is 2.12. The van der Waals surface area contributed by atoms with Crippen LogP contribution < -0.4 is 10.6 Å². The van der Waals surface area contributed by atoms with E-state index in [1.54, 1.807) is 0 Å². The van der Waals surface area contributed by atoms with Crippen molar-refractivity contribution in [3.05, 3.63) is 0 Å². The maximum Gasteiger partial charge on any atom is 0.250 e. The zero-order valence-electron chi connectivity index (χ0n) is 9.70. The predicted octanol–water partition coefficient (Wildman–Crippen LogP) is 0.701. The number of hydrogen-bond acceptors (Lipinski definition) is 3. The Labute approximate surface area is 103 Å². The van der Waals surface area contributed by atoms with Crippen LogP contribution in [0.2, 0.25) is 0 Å². The molecule has 5 heteroatoms. The second-order valence-corrected chi connectivity index (χ2v) is 4.46. The van der Waals surface area contributed by atoms with Crippen molar-refractivity contribution in [1.82, 2.24) is 10.6 Å². The highest BCUT2D eigenvalue weighted by atomic mass is 35.5. The number of carbonyl (C=O) groups is 1. The summed E-state index contributed by atoms with van der Waals surface area (Å²) in [6, 6.07) is 0.419. The van der Waals surface area contributed by atoms with Gasteiger partial charge >= 0.3 is 0 Å². The highest BCUT2D eigenvalue weighted by Crippen LogP contribution is 2.34. The molecule has 4 nitrogen and oxygen atoms in total. The van der Waals surface area contributed by atoms with Gasteiger partial charge in [-0.2, -0.15) is 0 Å². The van der Waals surface area contributed by atoms with E-state index in [0.29, 0.717) is 19.2 Å². The molecule has 2 aliphatic rings. The Hall–Kier alpha value is -0.320. The Morgan fingerprint density at radius 3 is 3.00 bits per heavy atom. The summed E-state index contributed by atoms with van der Waals surface area (Å²) in [6.07, 6.45) is 3.31. The van der Waals surface area contributed by atoms with Crippen molar-refractivity contribution in [2.45, 2.75) is 38.3 Å². The first-order chi connectivity index (χ1) is 7.31. The molecule has 0 aromatic heterocycles. The SMILES string of the molecule is CCCC1CC1NC(=O)[C@@H]1CNCCO1.Cl. The minimum Gasteiger partial charge on any atom is -0.366 e. The van der Waals surface area contributed by atoms with Gasteiger partial charge in [-0.05, 0) is 18.8 Å². The average molecular weight is 249 g/mol. The zero-order chi connectivity index (χ0) is 10.7. The molecule has 2 unspecified atom stereocenters. The number of hydrogen-bond donors (Lipinski definition) is 2. The van der Waals surface area contributed by atoms with Crippen LogP contribution in [0.5, 0.6) is 0 Å². The van der Waals surface area contributed by atoms with Gasteiger partial charge < -0.3 is 15.4 Å². The smallest absolute Gasteiger partial charge is 0.250 e. The lowest BCUT2D eigenvalue weighted by molar-refractivity contribution is -0.134. The predicted molar refractivity (Wildman–Crippen MR) is 64.8 cm³/mol. The van der Waals surface area contributed by atoms with E-state index in [4.69, 9.17) is 4.74 Å². The van der Waals surface area contributed by atoms with Gasteiger partial charge in [0.05, 0.1) is 6.61 Å². The van der Waals surface area contributed by atoms with Gasteiger partial charge in [-0.1, -0.05) is 13.3 Å². The summed E-state index contributed by atoms with van der Waals surface area (Å²) in [5.74, 6) is 0.779. The summed E-state index contributed by atoms with van der Waals surface area (Å²) < 4.78 is 5.39. The van der Waals surface area contributed by atoms with Crippen LogP contribution in [-0.2, 0) is 9.53 Å². The Balaban J connectivity index is 0.00000128. The van der Waals surface area contributed by atoms with Gasteiger partial charge in [-0.3, -0.25) is 4.79 Å². The molecule has 0 radical (unpaired) electrons. The topological polar surface area (TPSA) is 50.4 Å². The maximum atomic E-state index is 11.7. The lowest BCUT2D eigenvalue weighted by Gasteiger charge is -2.22. The van der Waals surface area contributed by atoms with Crippen molar-refractivity contribution in [2.24, 2.45) is 5.92 Å². The van der Waals surface area contributed by atoms with Crippen LogP contribution in [0.4, 0.5) is 0 Å². The summed E-state index contributed by atoms with van der Waals surface area (Å²) in [5, 5.41) is 6.21. The number of carbonyl (C=O) groups excluding carboxylic acids is 1. The number of amides is 1. The first kappa shape index (κ1) is 13.7. The Morgan fingerprint density at radius 2 is 2.38 bits per heavy atom. The summed E-state index contributed by atoms with van der Waals surface area (Å²) in [5.41, 5.74) is 0. The number of nitrogens with one attached hydrogen (secondary N) is 2. The lowest BCUT2D eigenvalue weighted by atomic mass is 10.2. The van der Waals surface area contributed by atoms with Gasteiger partial charge in [0.15, 0.2) is 0 Å². The van der Waals surface area contributed by atoms with Gasteiger partial charge in [0, 0.05) is 19.1 Å². The van der Waals surface area contributed by atoms with E-state index in [-0.39, 0.29) is 24.4 Å². The van der Waals surface area contributed by atoms with Gasteiger partial charge in [-0.25, -0.2) is 0 Å². The molecule has 94 valence electrons. The first-order valence-electron chi connectivity index (χ1n) is 5.94. The second-order valence-electron chi connectivity index (χ2n) is 4.46. The van der Waals surface area contributed by atoms with E-state index in [2.05, 4.69) is 17.6 Å². The molecular weight excluding hydrogens is 228 g/mol. The molecular formula is C11H21ClN2O2. The van der Waals surface area contributed by atoms with Gasteiger partial charge in [0.2, 0.25) is 0 Å².